The highest BCUT2D eigenvalue weighted by Crippen LogP contribution is 2.27. The highest BCUT2D eigenvalue weighted by atomic mass is 16.5. The molecule has 3 nitrogen and oxygen atoms in total. The van der Waals surface area contributed by atoms with Crippen molar-refractivity contribution in [1.82, 2.24) is 4.90 Å². The minimum atomic E-state index is 0.350. The number of nitrogens with two attached hydrogens (primary N) is 1. The molecule has 0 bridgehead atoms. The van der Waals surface area contributed by atoms with E-state index in [1.807, 2.05) is 0 Å². The van der Waals surface area contributed by atoms with Crippen molar-refractivity contribution in [3.8, 4) is 0 Å². The Morgan fingerprint density at radius 1 is 1.27 bits per heavy atom. The second-order valence-corrected chi connectivity index (χ2v) is 5.31. The Morgan fingerprint density at radius 3 is 2.67 bits per heavy atom. The van der Waals surface area contributed by atoms with Crippen LogP contribution in [0, 0.1) is 11.8 Å². The van der Waals surface area contributed by atoms with Gasteiger partial charge in [0, 0.05) is 31.7 Å². The predicted octanol–water partition coefficient (Wildman–Crippen LogP) is 1.08. The summed E-state index contributed by atoms with van der Waals surface area (Å²) >= 11 is 0. The maximum absolute atomic E-state index is 6.10. The Morgan fingerprint density at radius 2 is 2.07 bits per heavy atom. The maximum atomic E-state index is 6.10. The molecule has 1 aliphatic carbocycles. The van der Waals surface area contributed by atoms with Crippen molar-refractivity contribution in [2.75, 3.05) is 33.4 Å². The number of rotatable bonds is 4. The van der Waals surface area contributed by atoms with Crippen LogP contribution in [0.2, 0.25) is 0 Å². The van der Waals surface area contributed by atoms with Crippen molar-refractivity contribution >= 4 is 0 Å². The molecule has 3 heteroatoms. The highest BCUT2D eigenvalue weighted by molar-refractivity contribution is 4.80. The minimum Gasteiger partial charge on any atom is -0.381 e. The third-order valence-electron chi connectivity index (χ3n) is 3.87. The Labute approximate surface area is 93.0 Å². The molecule has 0 spiro atoms. The monoisotopic (exact) mass is 212 g/mol. The van der Waals surface area contributed by atoms with Gasteiger partial charge in [-0.25, -0.2) is 0 Å². The lowest BCUT2D eigenvalue weighted by atomic mass is 9.85. The van der Waals surface area contributed by atoms with E-state index in [0.717, 1.165) is 32.1 Å². The van der Waals surface area contributed by atoms with Gasteiger partial charge in [0.05, 0.1) is 6.61 Å². The van der Waals surface area contributed by atoms with Crippen molar-refractivity contribution in [3.63, 3.8) is 0 Å². The Bertz CT molecular complexity index is 194. The molecule has 2 aliphatic rings. The van der Waals surface area contributed by atoms with E-state index < -0.39 is 0 Å². The van der Waals surface area contributed by atoms with Gasteiger partial charge in [0.25, 0.3) is 0 Å². The molecule has 1 saturated carbocycles. The first kappa shape index (κ1) is 11.4. The predicted molar refractivity (Wildman–Crippen MR) is 61.7 cm³/mol. The van der Waals surface area contributed by atoms with Crippen LogP contribution >= 0.6 is 0 Å². The van der Waals surface area contributed by atoms with Crippen LogP contribution in [0.4, 0.5) is 0 Å². The fourth-order valence-electron chi connectivity index (χ4n) is 2.59. The summed E-state index contributed by atoms with van der Waals surface area (Å²) in [6.45, 7) is 4.07. The van der Waals surface area contributed by atoms with E-state index in [1.54, 1.807) is 0 Å². The van der Waals surface area contributed by atoms with Crippen LogP contribution in [0.3, 0.4) is 0 Å². The molecular formula is C12H24N2O. The van der Waals surface area contributed by atoms with E-state index in [9.17, 15) is 0 Å². The normalized spacial score (nSPS) is 33.0. The van der Waals surface area contributed by atoms with E-state index in [-0.39, 0.29) is 0 Å². The topological polar surface area (TPSA) is 38.5 Å². The molecule has 0 aromatic carbocycles. The van der Waals surface area contributed by atoms with Gasteiger partial charge in [-0.2, -0.15) is 0 Å². The van der Waals surface area contributed by atoms with Crippen molar-refractivity contribution < 1.29 is 4.74 Å². The standard InChI is InChI=1S/C12H24N2O/c1-14(7-10-3-2-4-10)8-11-9-15-6-5-12(11)13/h10-12H,2-9,13H2,1H3. The Balaban J connectivity index is 1.69. The molecule has 2 rings (SSSR count). The summed E-state index contributed by atoms with van der Waals surface area (Å²) in [5.74, 6) is 1.50. The molecular weight excluding hydrogens is 188 g/mol. The summed E-state index contributed by atoms with van der Waals surface area (Å²) in [7, 11) is 2.22. The molecule has 2 fully saturated rings. The van der Waals surface area contributed by atoms with Gasteiger partial charge in [-0.05, 0) is 32.2 Å². The first-order valence-corrected chi connectivity index (χ1v) is 6.27. The maximum Gasteiger partial charge on any atom is 0.0521 e. The largest absolute Gasteiger partial charge is 0.381 e. The van der Waals surface area contributed by atoms with Gasteiger partial charge in [0.2, 0.25) is 0 Å². The summed E-state index contributed by atoms with van der Waals surface area (Å²) in [6, 6.07) is 0.350. The second-order valence-electron chi connectivity index (χ2n) is 5.31. The van der Waals surface area contributed by atoms with Crippen LogP contribution in [0.1, 0.15) is 25.7 Å². The van der Waals surface area contributed by atoms with Gasteiger partial charge in [0.1, 0.15) is 0 Å². The van der Waals surface area contributed by atoms with Gasteiger partial charge < -0.3 is 15.4 Å². The zero-order chi connectivity index (χ0) is 10.7. The molecule has 15 heavy (non-hydrogen) atoms. The van der Waals surface area contributed by atoms with E-state index in [0.29, 0.717) is 12.0 Å². The van der Waals surface area contributed by atoms with Crippen molar-refractivity contribution in [2.45, 2.75) is 31.7 Å². The fourth-order valence-corrected chi connectivity index (χ4v) is 2.59. The quantitative estimate of drug-likeness (QED) is 0.758. The van der Waals surface area contributed by atoms with Gasteiger partial charge >= 0.3 is 0 Å². The van der Waals surface area contributed by atoms with Crippen LogP contribution in [-0.4, -0.2) is 44.3 Å². The van der Waals surface area contributed by atoms with Crippen LogP contribution in [0.5, 0.6) is 0 Å². The highest BCUT2D eigenvalue weighted by Gasteiger charge is 2.25. The molecule has 2 unspecified atom stereocenters. The molecule has 0 aromatic rings. The summed E-state index contributed by atoms with van der Waals surface area (Å²) in [5.41, 5.74) is 6.10. The third-order valence-corrected chi connectivity index (χ3v) is 3.87. The lowest BCUT2D eigenvalue weighted by molar-refractivity contribution is 0.0259. The number of nitrogens with zero attached hydrogens (tertiary/aromatic N) is 1. The number of hydrogen-bond donors (Lipinski definition) is 1. The molecule has 2 atom stereocenters. The van der Waals surface area contributed by atoms with Crippen LogP contribution < -0.4 is 5.73 Å². The van der Waals surface area contributed by atoms with Gasteiger partial charge in [0.15, 0.2) is 0 Å². The first-order valence-electron chi connectivity index (χ1n) is 6.27. The van der Waals surface area contributed by atoms with E-state index in [1.165, 1.54) is 25.8 Å². The molecule has 0 amide bonds. The summed E-state index contributed by atoms with van der Waals surface area (Å²) in [5, 5.41) is 0. The molecule has 0 radical (unpaired) electrons. The molecule has 1 saturated heterocycles. The van der Waals surface area contributed by atoms with Gasteiger partial charge in [-0.1, -0.05) is 6.42 Å². The van der Waals surface area contributed by atoms with Crippen molar-refractivity contribution in [3.05, 3.63) is 0 Å². The molecule has 1 aliphatic heterocycles. The van der Waals surface area contributed by atoms with Crippen molar-refractivity contribution in [2.24, 2.45) is 17.6 Å². The third kappa shape index (κ3) is 3.16. The summed E-state index contributed by atoms with van der Waals surface area (Å²) < 4.78 is 5.49. The minimum absolute atomic E-state index is 0.350. The van der Waals surface area contributed by atoms with Crippen molar-refractivity contribution in [1.29, 1.82) is 0 Å². The zero-order valence-corrected chi connectivity index (χ0v) is 9.82. The van der Waals surface area contributed by atoms with Crippen LogP contribution in [0.15, 0.2) is 0 Å². The molecule has 0 aromatic heterocycles. The van der Waals surface area contributed by atoms with Gasteiger partial charge in [-0.15, -0.1) is 0 Å². The summed E-state index contributed by atoms with van der Waals surface area (Å²) in [4.78, 5) is 2.45. The van der Waals surface area contributed by atoms with E-state index >= 15 is 0 Å². The van der Waals surface area contributed by atoms with Crippen LogP contribution in [-0.2, 0) is 4.74 Å². The molecule has 2 N–H and O–H groups in total. The Hall–Kier alpha value is -0.120. The van der Waals surface area contributed by atoms with Gasteiger partial charge in [-0.3, -0.25) is 0 Å². The zero-order valence-electron chi connectivity index (χ0n) is 9.82. The number of hydrogen-bond acceptors (Lipinski definition) is 3. The average molecular weight is 212 g/mol. The SMILES string of the molecule is CN(CC1CCC1)CC1COCCC1N. The Kier molecular flexibility index (Phi) is 4.00. The number of ether oxygens (including phenoxy) is 1. The molecule has 1 heterocycles. The lowest BCUT2D eigenvalue weighted by Crippen LogP contribution is -2.45. The second kappa shape index (κ2) is 5.28. The van der Waals surface area contributed by atoms with E-state index in [2.05, 4.69) is 11.9 Å². The van der Waals surface area contributed by atoms with Crippen LogP contribution in [0.25, 0.3) is 0 Å². The lowest BCUT2D eigenvalue weighted by Gasteiger charge is -2.35. The molecule has 88 valence electrons. The average Bonchev–Trinajstić information content (AvgIpc) is 2.16. The van der Waals surface area contributed by atoms with E-state index in [4.69, 9.17) is 10.5 Å². The smallest absolute Gasteiger partial charge is 0.0521 e. The summed E-state index contributed by atoms with van der Waals surface area (Å²) in [6.07, 6.45) is 5.32. The first-order chi connectivity index (χ1) is 7.25. The fraction of sp³-hybridized carbons (Fsp3) is 1.00.